The molecule has 1 spiro atoms. The van der Waals surface area contributed by atoms with Gasteiger partial charge in [-0.1, -0.05) is 0 Å². The lowest BCUT2D eigenvalue weighted by atomic mass is 9.90. The molecule has 1 aromatic rings. The van der Waals surface area contributed by atoms with Crippen LogP contribution in [0.3, 0.4) is 0 Å². The molecule has 1 aromatic heterocycles. The van der Waals surface area contributed by atoms with Gasteiger partial charge >= 0.3 is 0 Å². The number of nitrogens with one attached hydrogen (secondary N) is 1. The molecule has 0 radical (unpaired) electrons. The molecule has 8 heteroatoms. The lowest BCUT2D eigenvalue weighted by Crippen LogP contribution is -2.73. The third-order valence-electron chi connectivity index (χ3n) is 4.53. The van der Waals surface area contributed by atoms with Crippen LogP contribution in [0, 0.1) is 0 Å². The highest BCUT2D eigenvalue weighted by Crippen LogP contribution is 2.34. The molecule has 0 unspecified atom stereocenters. The standard InChI is InChI=1S/C16H23N3O4S/c1-4-22-12-5-6-24-13(12)15(21)19-9-16(10-19)8-18(3)11(7-23-16)14(20)17-2/h5-6,11H,4,7-10H2,1-3H3,(H,17,20)/t11-/m1/s1. The number of nitrogens with zero attached hydrogens (tertiary/aromatic N) is 2. The molecule has 0 aromatic carbocycles. The summed E-state index contributed by atoms with van der Waals surface area (Å²) in [5, 5.41) is 4.52. The van der Waals surface area contributed by atoms with Gasteiger partial charge in [-0.05, 0) is 25.4 Å². The SMILES string of the molecule is CCOc1ccsc1C(=O)N1CC2(C1)CN(C)[C@@H](C(=O)NC)CO2. The van der Waals surface area contributed by atoms with Gasteiger partial charge in [-0.15, -0.1) is 11.3 Å². The maximum Gasteiger partial charge on any atom is 0.267 e. The third kappa shape index (κ3) is 3.01. The van der Waals surface area contributed by atoms with Gasteiger partial charge in [0.05, 0.1) is 26.3 Å². The zero-order valence-corrected chi connectivity index (χ0v) is 15.0. The fourth-order valence-corrected chi connectivity index (χ4v) is 4.09. The molecule has 7 nitrogen and oxygen atoms in total. The summed E-state index contributed by atoms with van der Waals surface area (Å²) in [5.74, 6) is 0.591. The van der Waals surface area contributed by atoms with Crippen molar-refractivity contribution in [2.75, 3.05) is 46.9 Å². The highest BCUT2D eigenvalue weighted by Gasteiger charge is 2.51. The number of hydrogen-bond donors (Lipinski definition) is 1. The van der Waals surface area contributed by atoms with Crippen LogP contribution in [-0.4, -0.2) is 80.2 Å². The van der Waals surface area contributed by atoms with Crippen molar-refractivity contribution < 1.29 is 19.1 Å². The number of ether oxygens (including phenoxy) is 2. The number of thiophene rings is 1. The predicted octanol–water partition coefficient (Wildman–Crippen LogP) is 0.418. The van der Waals surface area contributed by atoms with Crippen molar-refractivity contribution in [1.82, 2.24) is 15.1 Å². The Morgan fingerprint density at radius 2 is 2.21 bits per heavy atom. The Morgan fingerprint density at radius 1 is 1.46 bits per heavy atom. The normalized spacial score (nSPS) is 23.0. The van der Waals surface area contributed by atoms with Gasteiger partial charge in [-0.3, -0.25) is 14.5 Å². The minimum absolute atomic E-state index is 0.0150. The maximum absolute atomic E-state index is 12.6. The monoisotopic (exact) mass is 353 g/mol. The van der Waals surface area contributed by atoms with Crippen LogP contribution in [0.4, 0.5) is 0 Å². The van der Waals surface area contributed by atoms with Crippen molar-refractivity contribution in [3.8, 4) is 5.75 Å². The van der Waals surface area contributed by atoms with E-state index in [-0.39, 0.29) is 23.5 Å². The van der Waals surface area contributed by atoms with Crippen LogP contribution in [0.5, 0.6) is 5.75 Å². The van der Waals surface area contributed by atoms with Crippen molar-refractivity contribution in [2.45, 2.75) is 18.6 Å². The average molecular weight is 353 g/mol. The van der Waals surface area contributed by atoms with Crippen LogP contribution in [0.1, 0.15) is 16.6 Å². The molecule has 132 valence electrons. The molecule has 2 fully saturated rings. The largest absolute Gasteiger partial charge is 0.492 e. The summed E-state index contributed by atoms with van der Waals surface area (Å²) < 4.78 is 11.5. The quantitative estimate of drug-likeness (QED) is 0.849. The van der Waals surface area contributed by atoms with E-state index in [2.05, 4.69) is 5.32 Å². The van der Waals surface area contributed by atoms with E-state index in [0.29, 0.717) is 43.5 Å². The van der Waals surface area contributed by atoms with Crippen molar-refractivity contribution in [3.05, 3.63) is 16.3 Å². The number of likely N-dealkylation sites (N-methyl/N-ethyl adjacent to an activating group) is 2. The summed E-state index contributed by atoms with van der Waals surface area (Å²) in [6.45, 7) is 4.51. The number of likely N-dealkylation sites (tertiary alicyclic amines) is 1. The van der Waals surface area contributed by atoms with E-state index in [1.807, 2.05) is 30.3 Å². The first-order valence-corrected chi connectivity index (χ1v) is 8.93. The molecular formula is C16H23N3O4S. The lowest BCUT2D eigenvalue weighted by Gasteiger charge is -2.54. The summed E-state index contributed by atoms with van der Waals surface area (Å²) in [7, 11) is 3.54. The van der Waals surface area contributed by atoms with Crippen LogP contribution in [0.15, 0.2) is 11.4 Å². The first-order valence-electron chi connectivity index (χ1n) is 8.05. The van der Waals surface area contributed by atoms with Gasteiger partial charge in [0.2, 0.25) is 5.91 Å². The van der Waals surface area contributed by atoms with Gasteiger partial charge in [0.15, 0.2) is 0 Å². The minimum Gasteiger partial charge on any atom is -0.492 e. The highest BCUT2D eigenvalue weighted by molar-refractivity contribution is 7.12. The number of rotatable bonds is 4. The second kappa shape index (κ2) is 6.70. The summed E-state index contributed by atoms with van der Waals surface area (Å²) in [6, 6.07) is 1.56. The molecule has 1 atom stereocenters. The van der Waals surface area contributed by atoms with Gasteiger partial charge in [-0.25, -0.2) is 0 Å². The first-order chi connectivity index (χ1) is 11.5. The predicted molar refractivity (Wildman–Crippen MR) is 90.6 cm³/mol. The van der Waals surface area contributed by atoms with E-state index < -0.39 is 0 Å². The Hall–Kier alpha value is -1.64. The molecule has 3 rings (SSSR count). The Kier molecular flexibility index (Phi) is 4.80. The van der Waals surface area contributed by atoms with Crippen molar-refractivity contribution in [3.63, 3.8) is 0 Å². The van der Waals surface area contributed by atoms with Crippen LogP contribution in [-0.2, 0) is 9.53 Å². The maximum atomic E-state index is 12.6. The van der Waals surface area contributed by atoms with Crippen molar-refractivity contribution in [2.24, 2.45) is 0 Å². The number of morpholine rings is 1. The Balaban J connectivity index is 1.60. The fourth-order valence-electron chi connectivity index (χ4n) is 3.29. The molecule has 0 aliphatic carbocycles. The minimum atomic E-state index is -0.363. The Bertz CT molecular complexity index is 627. The summed E-state index contributed by atoms with van der Waals surface area (Å²) in [4.78, 5) is 28.9. The van der Waals surface area contributed by atoms with Crippen LogP contribution < -0.4 is 10.1 Å². The number of hydrogen-bond acceptors (Lipinski definition) is 6. The molecule has 2 amide bonds. The molecular weight excluding hydrogens is 330 g/mol. The van der Waals surface area contributed by atoms with Gasteiger partial charge in [0.25, 0.3) is 5.91 Å². The van der Waals surface area contributed by atoms with Crippen LogP contribution in [0.25, 0.3) is 0 Å². The summed E-state index contributed by atoms with van der Waals surface area (Å²) in [6.07, 6.45) is 0. The smallest absolute Gasteiger partial charge is 0.267 e. The number of carbonyl (C=O) groups excluding carboxylic acids is 2. The topological polar surface area (TPSA) is 71.1 Å². The zero-order valence-electron chi connectivity index (χ0n) is 14.2. The van der Waals surface area contributed by atoms with Crippen molar-refractivity contribution in [1.29, 1.82) is 0 Å². The molecule has 3 heterocycles. The molecule has 1 N–H and O–H groups in total. The third-order valence-corrected chi connectivity index (χ3v) is 5.42. The molecule has 0 bridgehead atoms. The van der Waals surface area contributed by atoms with E-state index in [4.69, 9.17) is 9.47 Å². The highest BCUT2D eigenvalue weighted by atomic mass is 32.1. The second-order valence-corrected chi connectivity index (χ2v) is 7.16. The summed E-state index contributed by atoms with van der Waals surface area (Å²) >= 11 is 1.40. The fraction of sp³-hybridized carbons (Fsp3) is 0.625. The van der Waals surface area contributed by atoms with Crippen LogP contribution >= 0.6 is 11.3 Å². The molecule has 2 aliphatic heterocycles. The van der Waals surface area contributed by atoms with E-state index in [9.17, 15) is 9.59 Å². The Labute approximate surface area is 145 Å². The lowest BCUT2D eigenvalue weighted by molar-refractivity contribution is -0.187. The van der Waals surface area contributed by atoms with Gasteiger partial charge < -0.3 is 19.7 Å². The summed E-state index contributed by atoms with van der Waals surface area (Å²) in [5.41, 5.74) is -0.363. The van der Waals surface area contributed by atoms with Gasteiger partial charge in [0, 0.05) is 13.6 Å². The van der Waals surface area contributed by atoms with Gasteiger partial charge in [-0.2, -0.15) is 0 Å². The molecule has 24 heavy (non-hydrogen) atoms. The zero-order chi connectivity index (χ0) is 17.3. The van der Waals surface area contributed by atoms with E-state index in [1.54, 1.807) is 11.9 Å². The van der Waals surface area contributed by atoms with Crippen LogP contribution in [0.2, 0.25) is 0 Å². The van der Waals surface area contributed by atoms with E-state index >= 15 is 0 Å². The second-order valence-electron chi connectivity index (χ2n) is 6.25. The number of amides is 2. The molecule has 2 aliphatic rings. The first kappa shape index (κ1) is 17.2. The molecule has 0 saturated carbocycles. The van der Waals surface area contributed by atoms with Crippen molar-refractivity contribution >= 4 is 23.2 Å². The van der Waals surface area contributed by atoms with Gasteiger partial charge in [0.1, 0.15) is 22.3 Å². The Morgan fingerprint density at radius 3 is 2.83 bits per heavy atom. The van der Waals surface area contributed by atoms with E-state index in [1.165, 1.54) is 11.3 Å². The average Bonchev–Trinajstić information content (AvgIpc) is 2.99. The number of carbonyl (C=O) groups is 2. The molecule has 2 saturated heterocycles. The van der Waals surface area contributed by atoms with E-state index in [0.717, 1.165) is 0 Å².